The molecule has 0 spiro atoms. The Morgan fingerprint density at radius 3 is 1.86 bits per heavy atom. The maximum atomic E-state index is 13.2. The molecular formula is C21H21Cl2F3NO8P. The number of halogens is 5. The van der Waals surface area contributed by atoms with Gasteiger partial charge in [0, 0.05) is 10.0 Å². The Morgan fingerprint density at radius 2 is 1.44 bits per heavy atom. The summed E-state index contributed by atoms with van der Waals surface area (Å²) in [6, 6.07) is 12.5. The van der Waals surface area contributed by atoms with E-state index in [0.29, 0.717) is 21.2 Å². The van der Waals surface area contributed by atoms with Gasteiger partial charge in [0.15, 0.2) is 0 Å². The second-order valence-electron chi connectivity index (χ2n) is 6.99. The van der Waals surface area contributed by atoms with Crippen molar-refractivity contribution in [2.24, 2.45) is 0 Å². The molecule has 15 heteroatoms. The Kier molecular flexibility index (Phi) is 11.6. The summed E-state index contributed by atoms with van der Waals surface area (Å²) in [5.74, 6) is -3.66. The molecule has 0 bridgehead atoms. The lowest BCUT2D eigenvalue weighted by Gasteiger charge is -2.25. The summed E-state index contributed by atoms with van der Waals surface area (Å²) in [6.45, 7) is -0.618. The van der Waals surface area contributed by atoms with Gasteiger partial charge in [0.05, 0.1) is 6.61 Å². The predicted molar refractivity (Wildman–Crippen MR) is 122 cm³/mol. The zero-order chi connectivity index (χ0) is 26.8. The minimum Gasteiger partial charge on any atom is -0.465 e. The highest BCUT2D eigenvalue weighted by Gasteiger charge is 2.46. The highest BCUT2D eigenvalue weighted by atomic mass is 35.5. The normalized spacial score (nSPS) is 11.8. The smallest absolute Gasteiger partial charge is 0.465 e. The molecule has 0 saturated heterocycles. The monoisotopic (exact) mass is 573 g/mol. The lowest BCUT2D eigenvalue weighted by atomic mass is 10.2. The third-order valence-corrected chi connectivity index (χ3v) is 5.88. The third kappa shape index (κ3) is 10.4. The third-order valence-electron chi connectivity index (χ3n) is 4.06. The standard InChI is InChI=1S/C21H21Cl2F3NO8P/c1-2-31-19(28)11-27(20(29)21(24,25)26)14-36(30,34-32-12-15-5-3-7-17(22)9-15)35-33-13-16-6-4-8-18(23)10-16/h3-10H,2,11-14H2,1H3. The van der Waals surface area contributed by atoms with Gasteiger partial charge in [-0.25, -0.2) is 9.78 Å². The van der Waals surface area contributed by atoms with Crippen LogP contribution in [0.25, 0.3) is 0 Å². The summed E-state index contributed by atoms with van der Waals surface area (Å²) in [6.07, 6.45) is -6.75. The van der Waals surface area contributed by atoms with E-state index in [2.05, 4.69) is 4.74 Å². The molecule has 1 amide bonds. The number of amides is 1. The molecule has 2 aromatic rings. The maximum Gasteiger partial charge on any atom is 0.471 e. The maximum absolute atomic E-state index is 13.2. The van der Waals surface area contributed by atoms with Crippen LogP contribution >= 0.6 is 30.8 Å². The highest BCUT2D eigenvalue weighted by molar-refractivity contribution is 7.53. The van der Waals surface area contributed by atoms with Crippen LogP contribution in [0.3, 0.4) is 0 Å². The molecule has 0 N–H and O–H groups in total. The second-order valence-corrected chi connectivity index (χ2v) is 9.67. The first kappa shape index (κ1) is 30.0. The van der Waals surface area contributed by atoms with Crippen LogP contribution in [0.2, 0.25) is 10.0 Å². The van der Waals surface area contributed by atoms with Gasteiger partial charge in [0.25, 0.3) is 0 Å². The van der Waals surface area contributed by atoms with Crippen LogP contribution in [0.4, 0.5) is 13.2 Å². The van der Waals surface area contributed by atoms with Crippen molar-refractivity contribution < 1.29 is 51.2 Å². The van der Waals surface area contributed by atoms with Crippen LogP contribution in [-0.2, 0) is 51.2 Å². The molecule has 0 saturated carbocycles. The summed E-state index contributed by atoms with van der Waals surface area (Å²) < 4.78 is 66.8. The van der Waals surface area contributed by atoms with Crippen molar-refractivity contribution in [1.82, 2.24) is 4.90 Å². The number of carbonyl (C=O) groups excluding carboxylic acids is 2. The number of hydrogen-bond acceptors (Lipinski definition) is 8. The molecule has 0 atom stereocenters. The SMILES string of the molecule is CCOC(=O)CN(CP(=O)(OOCc1cccc(Cl)c1)OOCc1cccc(Cl)c1)C(=O)C(F)(F)F. The molecule has 0 unspecified atom stereocenters. The quantitative estimate of drug-likeness (QED) is 0.130. The Balaban J connectivity index is 2.19. The Morgan fingerprint density at radius 1 is 0.944 bits per heavy atom. The lowest BCUT2D eigenvalue weighted by molar-refractivity contribution is -0.278. The van der Waals surface area contributed by atoms with E-state index in [1.807, 2.05) is 0 Å². The van der Waals surface area contributed by atoms with E-state index in [4.69, 9.17) is 42.3 Å². The molecule has 0 aliphatic carbocycles. The van der Waals surface area contributed by atoms with E-state index in [9.17, 15) is 27.3 Å². The van der Waals surface area contributed by atoms with E-state index in [-0.39, 0.29) is 24.7 Å². The van der Waals surface area contributed by atoms with Gasteiger partial charge in [-0.1, -0.05) is 47.5 Å². The first-order chi connectivity index (χ1) is 16.9. The fourth-order valence-electron chi connectivity index (χ4n) is 2.60. The number of rotatable bonds is 13. The molecule has 0 aromatic heterocycles. The van der Waals surface area contributed by atoms with Crippen molar-refractivity contribution in [3.63, 3.8) is 0 Å². The number of nitrogens with zero attached hydrogens (tertiary/aromatic N) is 1. The summed E-state index contributed by atoms with van der Waals surface area (Å²) in [5, 5.41) is 0.716. The number of benzene rings is 2. The molecule has 0 radical (unpaired) electrons. The van der Waals surface area contributed by atoms with Gasteiger partial charge in [-0.15, -0.1) is 9.35 Å². The Bertz CT molecular complexity index is 1030. The number of ether oxygens (including phenoxy) is 1. The van der Waals surface area contributed by atoms with Crippen molar-refractivity contribution in [2.75, 3.05) is 19.4 Å². The van der Waals surface area contributed by atoms with E-state index in [0.717, 1.165) is 0 Å². The van der Waals surface area contributed by atoms with Crippen LogP contribution in [0.1, 0.15) is 18.1 Å². The molecule has 2 rings (SSSR count). The van der Waals surface area contributed by atoms with Crippen molar-refractivity contribution in [3.05, 3.63) is 69.7 Å². The topological polar surface area (TPSA) is 101 Å². The average molecular weight is 574 g/mol. The molecule has 0 heterocycles. The van der Waals surface area contributed by atoms with E-state index >= 15 is 0 Å². The van der Waals surface area contributed by atoms with Gasteiger partial charge in [-0.05, 0) is 42.3 Å². The summed E-state index contributed by atoms with van der Waals surface area (Å²) in [5.41, 5.74) is 0.923. The molecule has 36 heavy (non-hydrogen) atoms. The first-order valence-electron chi connectivity index (χ1n) is 10.1. The number of carbonyl (C=O) groups is 2. The fraction of sp³-hybridized carbons (Fsp3) is 0.333. The largest absolute Gasteiger partial charge is 0.471 e. The number of esters is 1. The Hall–Kier alpha value is -2.18. The number of alkyl halides is 3. The molecule has 0 aliphatic heterocycles. The average Bonchev–Trinajstić information content (AvgIpc) is 2.78. The zero-order valence-corrected chi connectivity index (χ0v) is 21.1. The Labute approximate surface area is 214 Å². The minimum atomic E-state index is -5.40. The molecule has 198 valence electrons. The second kappa shape index (κ2) is 13.9. The number of hydrogen-bond donors (Lipinski definition) is 0. The fourth-order valence-corrected chi connectivity index (χ4v) is 4.22. The van der Waals surface area contributed by atoms with Crippen molar-refractivity contribution in [2.45, 2.75) is 26.3 Å². The minimum absolute atomic E-state index is 0.0930. The van der Waals surface area contributed by atoms with Gasteiger partial charge in [0.1, 0.15) is 26.0 Å². The van der Waals surface area contributed by atoms with Crippen LogP contribution in [0.5, 0.6) is 0 Å². The molecule has 9 nitrogen and oxygen atoms in total. The van der Waals surface area contributed by atoms with Crippen LogP contribution in [0.15, 0.2) is 48.5 Å². The van der Waals surface area contributed by atoms with Crippen LogP contribution in [0, 0.1) is 0 Å². The van der Waals surface area contributed by atoms with Gasteiger partial charge < -0.3 is 9.64 Å². The van der Waals surface area contributed by atoms with Crippen molar-refractivity contribution in [1.29, 1.82) is 0 Å². The van der Waals surface area contributed by atoms with E-state index in [1.54, 1.807) is 36.4 Å². The summed E-state index contributed by atoms with van der Waals surface area (Å²) in [4.78, 5) is 33.4. The highest BCUT2D eigenvalue weighted by Crippen LogP contribution is 2.50. The van der Waals surface area contributed by atoms with Crippen molar-refractivity contribution in [3.8, 4) is 0 Å². The summed E-state index contributed by atoms with van der Waals surface area (Å²) in [7, 11) is -4.78. The zero-order valence-electron chi connectivity index (χ0n) is 18.7. The molecule has 0 aliphatic rings. The molecule has 2 aromatic carbocycles. The van der Waals surface area contributed by atoms with E-state index in [1.165, 1.54) is 19.1 Å². The van der Waals surface area contributed by atoms with Crippen molar-refractivity contribution >= 4 is 42.7 Å². The van der Waals surface area contributed by atoms with Crippen LogP contribution in [-0.4, -0.2) is 42.4 Å². The molecule has 0 fully saturated rings. The van der Waals surface area contributed by atoms with Crippen LogP contribution < -0.4 is 0 Å². The summed E-state index contributed by atoms with van der Waals surface area (Å²) >= 11 is 11.7. The first-order valence-corrected chi connectivity index (χ1v) is 12.6. The van der Waals surface area contributed by atoms with Gasteiger partial charge in [0.2, 0.25) is 0 Å². The predicted octanol–water partition coefficient (Wildman–Crippen LogP) is 5.69. The van der Waals surface area contributed by atoms with Gasteiger partial charge in [-0.2, -0.15) is 13.2 Å². The van der Waals surface area contributed by atoms with Gasteiger partial charge >= 0.3 is 25.6 Å². The molecular weight excluding hydrogens is 553 g/mol. The lowest BCUT2D eigenvalue weighted by Crippen LogP contribution is -2.44. The van der Waals surface area contributed by atoms with E-state index < -0.39 is 38.5 Å². The van der Waals surface area contributed by atoms with Gasteiger partial charge in [-0.3, -0.25) is 14.2 Å².